The van der Waals surface area contributed by atoms with E-state index in [0.29, 0.717) is 18.7 Å². The van der Waals surface area contributed by atoms with E-state index in [4.69, 9.17) is 5.11 Å². The predicted molar refractivity (Wildman–Crippen MR) is 70.9 cm³/mol. The van der Waals surface area contributed by atoms with E-state index in [1.165, 1.54) is 16.6 Å². The minimum Gasteiger partial charge on any atom is -0.392 e. The molecule has 5 nitrogen and oxygen atoms in total. The van der Waals surface area contributed by atoms with Crippen LogP contribution in [0.1, 0.15) is 12.0 Å². The minimum atomic E-state index is -3.48. The number of thioether (sulfide) groups is 1. The maximum absolute atomic E-state index is 12.3. The van der Waals surface area contributed by atoms with Crippen molar-refractivity contribution in [3.8, 4) is 0 Å². The molecule has 0 saturated carbocycles. The molecule has 0 unspecified atom stereocenters. The lowest BCUT2D eigenvalue weighted by atomic mass is 10.3. The minimum absolute atomic E-state index is 0.0617. The van der Waals surface area contributed by atoms with Crippen molar-refractivity contribution in [2.45, 2.75) is 18.1 Å². The van der Waals surface area contributed by atoms with Crippen molar-refractivity contribution >= 4 is 21.8 Å². The Balaban J connectivity index is 2.22. The van der Waals surface area contributed by atoms with Crippen molar-refractivity contribution in [3.05, 3.63) is 23.9 Å². The van der Waals surface area contributed by atoms with Crippen molar-refractivity contribution in [1.82, 2.24) is 9.29 Å². The summed E-state index contributed by atoms with van der Waals surface area (Å²) in [5.74, 6) is 1.83. The molecule has 0 aromatic carbocycles. The van der Waals surface area contributed by atoms with Gasteiger partial charge in [-0.15, -0.1) is 0 Å². The number of nitrogens with zero attached hydrogens (tertiary/aromatic N) is 2. The van der Waals surface area contributed by atoms with Crippen molar-refractivity contribution in [3.63, 3.8) is 0 Å². The maximum Gasteiger partial charge on any atom is 0.260 e. The monoisotopic (exact) mass is 288 g/mol. The lowest BCUT2D eigenvalue weighted by Gasteiger charge is -2.18. The molecule has 1 aromatic rings. The summed E-state index contributed by atoms with van der Waals surface area (Å²) in [6, 6.07) is 3.05. The SMILES string of the molecule is O=S(=O)(c1ccc(CO)cn1)N1CCCSCC1. The van der Waals surface area contributed by atoms with Gasteiger partial charge in [-0.25, -0.2) is 13.4 Å². The first-order chi connectivity index (χ1) is 8.64. The van der Waals surface area contributed by atoms with Crippen LogP contribution in [0.25, 0.3) is 0 Å². The van der Waals surface area contributed by atoms with Crippen LogP contribution in [-0.4, -0.2) is 47.4 Å². The molecule has 1 aliphatic rings. The zero-order valence-electron chi connectivity index (χ0n) is 9.95. The molecule has 0 atom stereocenters. The molecule has 2 rings (SSSR count). The van der Waals surface area contributed by atoms with Crippen molar-refractivity contribution in [2.75, 3.05) is 24.6 Å². The second-order valence-electron chi connectivity index (χ2n) is 4.03. The normalized spacial score (nSPS) is 18.5. The second kappa shape index (κ2) is 6.01. The fourth-order valence-corrected chi connectivity index (χ4v) is 4.15. The Hall–Kier alpha value is -0.630. The quantitative estimate of drug-likeness (QED) is 0.886. The highest BCUT2D eigenvalue weighted by Crippen LogP contribution is 2.18. The molecule has 0 aliphatic carbocycles. The molecule has 0 amide bonds. The first-order valence-corrected chi connectivity index (χ1v) is 8.38. The summed E-state index contributed by atoms with van der Waals surface area (Å²) in [7, 11) is -3.48. The van der Waals surface area contributed by atoms with Crippen molar-refractivity contribution < 1.29 is 13.5 Å². The van der Waals surface area contributed by atoms with Gasteiger partial charge in [0.1, 0.15) is 0 Å². The number of hydrogen-bond acceptors (Lipinski definition) is 5. The average molecular weight is 288 g/mol. The highest BCUT2D eigenvalue weighted by molar-refractivity contribution is 7.99. The molecule has 2 heterocycles. The maximum atomic E-state index is 12.3. The molecule has 1 N–H and O–H groups in total. The number of rotatable bonds is 3. The van der Waals surface area contributed by atoms with Crippen molar-refractivity contribution in [2.24, 2.45) is 0 Å². The van der Waals surface area contributed by atoms with Gasteiger partial charge in [0.15, 0.2) is 5.03 Å². The molecule has 1 fully saturated rings. The van der Waals surface area contributed by atoms with Crippen LogP contribution in [0.15, 0.2) is 23.4 Å². The topological polar surface area (TPSA) is 70.5 Å². The van der Waals surface area contributed by atoms with E-state index < -0.39 is 10.0 Å². The number of aliphatic hydroxyl groups is 1. The number of aromatic nitrogens is 1. The predicted octanol–water partition coefficient (Wildman–Crippen LogP) is 0.702. The molecule has 0 radical (unpaired) electrons. The average Bonchev–Trinajstić information content (AvgIpc) is 2.68. The number of aliphatic hydroxyl groups excluding tert-OH is 1. The molecular weight excluding hydrogens is 272 g/mol. The molecule has 0 spiro atoms. The molecular formula is C11H16N2O3S2. The summed E-state index contributed by atoms with van der Waals surface area (Å²) in [6.45, 7) is 0.961. The van der Waals surface area contributed by atoms with E-state index >= 15 is 0 Å². The van der Waals surface area contributed by atoms with Crippen LogP contribution >= 0.6 is 11.8 Å². The Labute approximate surface area is 111 Å². The van der Waals surface area contributed by atoms with Gasteiger partial charge in [0.05, 0.1) is 6.61 Å². The van der Waals surface area contributed by atoms with Gasteiger partial charge in [-0.2, -0.15) is 16.1 Å². The summed E-state index contributed by atoms with van der Waals surface area (Å²) < 4.78 is 26.2. The zero-order chi connectivity index (χ0) is 13.0. The summed E-state index contributed by atoms with van der Waals surface area (Å²) >= 11 is 1.78. The molecule has 100 valence electrons. The van der Waals surface area contributed by atoms with E-state index in [9.17, 15) is 8.42 Å². The third-order valence-corrected chi connectivity index (χ3v) is 5.63. The van der Waals surface area contributed by atoms with E-state index in [1.54, 1.807) is 17.8 Å². The first kappa shape index (κ1) is 13.8. The van der Waals surface area contributed by atoms with Crippen LogP contribution in [0.3, 0.4) is 0 Å². The lowest BCUT2D eigenvalue weighted by Crippen LogP contribution is -2.33. The van der Waals surface area contributed by atoms with Crippen LogP contribution in [0, 0.1) is 0 Å². The fraction of sp³-hybridized carbons (Fsp3) is 0.545. The largest absolute Gasteiger partial charge is 0.392 e. The third kappa shape index (κ3) is 3.03. The van der Waals surface area contributed by atoms with Gasteiger partial charge in [-0.1, -0.05) is 6.07 Å². The summed E-state index contributed by atoms with van der Waals surface area (Å²) in [5, 5.41) is 8.98. The molecule has 7 heteroatoms. The van der Waals surface area contributed by atoms with Crippen LogP contribution < -0.4 is 0 Å². The van der Waals surface area contributed by atoms with Crippen LogP contribution in [0.5, 0.6) is 0 Å². The van der Waals surface area contributed by atoms with Crippen LogP contribution in [-0.2, 0) is 16.6 Å². The third-order valence-electron chi connectivity index (χ3n) is 2.77. The van der Waals surface area contributed by atoms with E-state index in [0.717, 1.165) is 17.9 Å². The highest BCUT2D eigenvalue weighted by atomic mass is 32.2. The van der Waals surface area contributed by atoms with Crippen LogP contribution in [0.2, 0.25) is 0 Å². The Kier molecular flexibility index (Phi) is 4.60. The van der Waals surface area contributed by atoms with Crippen LogP contribution in [0.4, 0.5) is 0 Å². The number of sulfonamides is 1. The Bertz CT molecular complexity index is 480. The number of hydrogen-bond donors (Lipinski definition) is 1. The van der Waals surface area contributed by atoms with E-state index in [1.807, 2.05) is 0 Å². The van der Waals surface area contributed by atoms with Gasteiger partial charge in [0, 0.05) is 25.0 Å². The fourth-order valence-electron chi connectivity index (χ4n) is 1.75. The summed E-state index contributed by atoms with van der Waals surface area (Å²) in [6.07, 6.45) is 2.28. The van der Waals surface area contributed by atoms with Gasteiger partial charge < -0.3 is 5.11 Å². The van der Waals surface area contributed by atoms with Gasteiger partial charge in [-0.05, 0) is 23.8 Å². The Morgan fingerprint density at radius 3 is 2.83 bits per heavy atom. The lowest BCUT2D eigenvalue weighted by molar-refractivity contribution is 0.281. The van der Waals surface area contributed by atoms with Gasteiger partial charge in [0.25, 0.3) is 10.0 Å². The first-order valence-electron chi connectivity index (χ1n) is 5.78. The second-order valence-corrected chi connectivity index (χ2v) is 7.14. The molecule has 0 bridgehead atoms. The summed E-state index contributed by atoms with van der Waals surface area (Å²) in [4.78, 5) is 3.93. The van der Waals surface area contributed by atoms with E-state index in [2.05, 4.69) is 4.98 Å². The number of pyridine rings is 1. The van der Waals surface area contributed by atoms with E-state index in [-0.39, 0.29) is 11.6 Å². The molecule has 1 saturated heterocycles. The smallest absolute Gasteiger partial charge is 0.260 e. The van der Waals surface area contributed by atoms with Gasteiger partial charge in [0.2, 0.25) is 0 Å². The zero-order valence-corrected chi connectivity index (χ0v) is 11.6. The van der Waals surface area contributed by atoms with Gasteiger partial charge >= 0.3 is 0 Å². The summed E-state index contributed by atoms with van der Waals surface area (Å²) in [5.41, 5.74) is 0.611. The highest BCUT2D eigenvalue weighted by Gasteiger charge is 2.26. The Morgan fingerprint density at radius 1 is 1.33 bits per heavy atom. The van der Waals surface area contributed by atoms with Crippen molar-refractivity contribution in [1.29, 1.82) is 0 Å². The standard InChI is InChI=1S/C11H16N2O3S2/c14-9-10-2-3-11(12-8-10)18(15,16)13-4-1-6-17-7-5-13/h2-3,8,14H,1,4-7,9H2. The molecule has 1 aromatic heterocycles. The molecule has 18 heavy (non-hydrogen) atoms. The molecule has 1 aliphatic heterocycles. The Morgan fingerprint density at radius 2 is 2.17 bits per heavy atom. The van der Waals surface area contributed by atoms with Gasteiger partial charge in [-0.3, -0.25) is 0 Å².